The molecule has 0 spiro atoms. The Morgan fingerprint density at radius 3 is 1.81 bits per heavy atom. The number of rotatable bonds is 6. The second-order valence-corrected chi connectivity index (χ2v) is 6.57. The Bertz CT molecular complexity index is 545. The number of halogens is 1. The Hall–Kier alpha value is -1.12. The zero-order valence-electron chi connectivity index (χ0n) is 13.1. The maximum atomic E-state index is 3.67. The normalized spacial score (nSPS) is 13.9. The summed E-state index contributed by atoms with van der Waals surface area (Å²) in [6.07, 6.45) is 2.37. The van der Waals surface area contributed by atoms with Crippen molar-refractivity contribution < 1.29 is 0 Å². The van der Waals surface area contributed by atoms with Gasteiger partial charge in [-0.3, -0.25) is 0 Å². The van der Waals surface area contributed by atoms with Crippen LogP contribution in [0.4, 0.5) is 0 Å². The van der Waals surface area contributed by atoms with Crippen molar-refractivity contribution in [2.75, 3.05) is 0 Å². The molecule has 2 heteroatoms. The maximum absolute atomic E-state index is 3.67. The van der Waals surface area contributed by atoms with Gasteiger partial charge in [-0.05, 0) is 49.1 Å². The lowest BCUT2D eigenvalue weighted by Gasteiger charge is -2.21. The summed E-state index contributed by atoms with van der Waals surface area (Å²) in [6, 6.07) is 18.2. The summed E-state index contributed by atoms with van der Waals surface area (Å²) in [7, 11) is 0. The number of nitrogens with one attached hydrogen (secondary N) is 1. The molecule has 2 rings (SSSR count). The van der Waals surface area contributed by atoms with Crippen LogP contribution in [-0.2, 0) is 6.42 Å². The summed E-state index contributed by atoms with van der Waals surface area (Å²) in [5.41, 5.74) is 4.08. The largest absolute Gasteiger partial charge is 0.304 e. The predicted molar refractivity (Wildman–Crippen MR) is 94.5 cm³/mol. The van der Waals surface area contributed by atoms with Crippen molar-refractivity contribution in [1.29, 1.82) is 0 Å². The summed E-state index contributed by atoms with van der Waals surface area (Å²) in [5.74, 6) is 0. The molecule has 0 heterocycles. The molecule has 0 fully saturated rings. The highest BCUT2D eigenvalue weighted by atomic mass is 79.9. The van der Waals surface area contributed by atoms with Gasteiger partial charge in [-0.1, -0.05) is 65.7 Å². The van der Waals surface area contributed by atoms with Gasteiger partial charge in [-0.25, -0.2) is 0 Å². The molecule has 21 heavy (non-hydrogen) atoms. The van der Waals surface area contributed by atoms with Crippen LogP contribution in [0.1, 0.15) is 56.0 Å². The molecule has 0 bridgehead atoms. The van der Waals surface area contributed by atoms with Crippen LogP contribution in [0.5, 0.6) is 0 Å². The molecule has 0 aromatic heterocycles. The van der Waals surface area contributed by atoms with Crippen LogP contribution in [0.25, 0.3) is 0 Å². The van der Waals surface area contributed by atoms with E-state index in [4.69, 9.17) is 0 Å². The van der Waals surface area contributed by atoms with E-state index in [9.17, 15) is 0 Å². The molecule has 1 N–H and O–H groups in total. The standard InChI is InChI=1S/C19H24BrN/c1-4-5-16-6-8-17(9-7-16)14(2)21-15(3)18-10-12-19(20)13-11-18/h6-15,21H,4-5H2,1-3H3. The van der Waals surface area contributed by atoms with Gasteiger partial charge >= 0.3 is 0 Å². The minimum atomic E-state index is 0.336. The molecule has 0 amide bonds. The van der Waals surface area contributed by atoms with Crippen molar-refractivity contribution in [2.45, 2.75) is 45.7 Å². The number of hydrogen-bond acceptors (Lipinski definition) is 1. The summed E-state index contributed by atoms with van der Waals surface area (Å²) < 4.78 is 1.12. The van der Waals surface area contributed by atoms with E-state index in [-0.39, 0.29) is 0 Å². The lowest BCUT2D eigenvalue weighted by molar-refractivity contribution is 0.494. The van der Waals surface area contributed by atoms with E-state index in [1.807, 2.05) is 0 Å². The van der Waals surface area contributed by atoms with Crippen LogP contribution < -0.4 is 5.32 Å². The number of hydrogen-bond donors (Lipinski definition) is 1. The fourth-order valence-electron chi connectivity index (χ4n) is 2.58. The summed E-state index contributed by atoms with van der Waals surface area (Å²) in [4.78, 5) is 0. The summed E-state index contributed by atoms with van der Waals surface area (Å²) in [6.45, 7) is 6.66. The third-order valence-corrected chi connectivity index (χ3v) is 4.42. The molecule has 0 radical (unpaired) electrons. The molecule has 0 aliphatic heterocycles. The fourth-order valence-corrected chi connectivity index (χ4v) is 2.84. The molecule has 0 aliphatic rings. The van der Waals surface area contributed by atoms with Crippen LogP contribution >= 0.6 is 15.9 Å². The van der Waals surface area contributed by atoms with E-state index in [0.29, 0.717) is 12.1 Å². The van der Waals surface area contributed by atoms with Crippen LogP contribution in [0, 0.1) is 0 Å². The molecule has 0 aliphatic carbocycles. The fraction of sp³-hybridized carbons (Fsp3) is 0.368. The Morgan fingerprint density at radius 2 is 1.33 bits per heavy atom. The Labute approximate surface area is 136 Å². The lowest BCUT2D eigenvalue weighted by atomic mass is 10.0. The van der Waals surface area contributed by atoms with E-state index in [2.05, 4.69) is 90.5 Å². The molecule has 0 saturated carbocycles. The zero-order valence-corrected chi connectivity index (χ0v) is 14.7. The average Bonchev–Trinajstić information content (AvgIpc) is 2.49. The lowest BCUT2D eigenvalue weighted by Crippen LogP contribution is -2.22. The van der Waals surface area contributed by atoms with Gasteiger partial charge < -0.3 is 5.32 Å². The molecule has 2 atom stereocenters. The van der Waals surface area contributed by atoms with Crippen LogP contribution in [-0.4, -0.2) is 0 Å². The van der Waals surface area contributed by atoms with Gasteiger partial charge in [0.25, 0.3) is 0 Å². The smallest absolute Gasteiger partial charge is 0.0297 e. The van der Waals surface area contributed by atoms with Gasteiger partial charge in [0.05, 0.1) is 0 Å². The molecule has 2 unspecified atom stereocenters. The quantitative estimate of drug-likeness (QED) is 0.696. The molecule has 2 aromatic carbocycles. The first-order valence-corrected chi connectivity index (χ1v) is 8.49. The van der Waals surface area contributed by atoms with E-state index in [1.165, 1.54) is 23.1 Å². The molecule has 2 aromatic rings. The first kappa shape index (κ1) is 16.3. The van der Waals surface area contributed by atoms with Crippen LogP contribution in [0.3, 0.4) is 0 Å². The van der Waals surface area contributed by atoms with Crippen molar-refractivity contribution in [1.82, 2.24) is 5.32 Å². The molecule has 1 nitrogen and oxygen atoms in total. The highest BCUT2D eigenvalue weighted by molar-refractivity contribution is 9.10. The minimum Gasteiger partial charge on any atom is -0.304 e. The highest BCUT2D eigenvalue weighted by Gasteiger charge is 2.11. The number of aryl methyl sites for hydroxylation is 1. The van der Waals surface area contributed by atoms with Crippen LogP contribution in [0.15, 0.2) is 53.0 Å². The highest BCUT2D eigenvalue weighted by Crippen LogP contribution is 2.21. The van der Waals surface area contributed by atoms with E-state index >= 15 is 0 Å². The third-order valence-electron chi connectivity index (χ3n) is 3.89. The zero-order chi connectivity index (χ0) is 15.2. The Kier molecular flexibility index (Phi) is 6.01. The second-order valence-electron chi connectivity index (χ2n) is 5.65. The first-order valence-electron chi connectivity index (χ1n) is 7.70. The molecule has 0 saturated heterocycles. The van der Waals surface area contributed by atoms with Crippen molar-refractivity contribution >= 4 is 15.9 Å². The third kappa shape index (κ3) is 4.69. The van der Waals surface area contributed by atoms with Gasteiger partial charge in [0.2, 0.25) is 0 Å². The Balaban J connectivity index is 1.99. The monoisotopic (exact) mass is 345 g/mol. The van der Waals surface area contributed by atoms with Crippen molar-refractivity contribution in [3.8, 4) is 0 Å². The molecular weight excluding hydrogens is 322 g/mol. The van der Waals surface area contributed by atoms with E-state index < -0.39 is 0 Å². The van der Waals surface area contributed by atoms with E-state index in [1.54, 1.807) is 0 Å². The van der Waals surface area contributed by atoms with Crippen molar-refractivity contribution in [2.24, 2.45) is 0 Å². The molecule has 112 valence electrons. The van der Waals surface area contributed by atoms with Gasteiger partial charge in [-0.15, -0.1) is 0 Å². The SMILES string of the molecule is CCCc1ccc(C(C)NC(C)c2ccc(Br)cc2)cc1. The van der Waals surface area contributed by atoms with E-state index in [0.717, 1.165) is 10.9 Å². The summed E-state index contributed by atoms with van der Waals surface area (Å²) in [5, 5.41) is 3.67. The number of benzene rings is 2. The van der Waals surface area contributed by atoms with Crippen molar-refractivity contribution in [3.63, 3.8) is 0 Å². The first-order chi connectivity index (χ1) is 10.1. The van der Waals surface area contributed by atoms with Gasteiger partial charge in [0.1, 0.15) is 0 Å². The predicted octanol–water partition coefficient (Wildman–Crippen LogP) is 5.81. The van der Waals surface area contributed by atoms with Crippen LogP contribution in [0.2, 0.25) is 0 Å². The molecular formula is C19H24BrN. The summed E-state index contributed by atoms with van der Waals surface area (Å²) >= 11 is 3.48. The van der Waals surface area contributed by atoms with Gasteiger partial charge in [0.15, 0.2) is 0 Å². The topological polar surface area (TPSA) is 12.0 Å². The second kappa shape index (κ2) is 7.77. The van der Waals surface area contributed by atoms with Crippen molar-refractivity contribution in [3.05, 3.63) is 69.7 Å². The average molecular weight is 346 g/mol. The minimum absolute atomic E-state index is 0.336. The van der Waals surface area contributed by atoms with Gasteiger partial charge in [-0.2, -0.15) is 0 Å². The Morgan fingerprint density at radius 1 is 0.857 bits per heavy atom. The van der Waals surface area contributed by atoms with Gasteiger partial charge in [0, 0.05) is 16.6 Å². The maximum Gasteiger partial charge on any atom is 0.0297 e.